The molecule has 0 saturated carbocycles. The van der Waals surface area contributed by atoms with Gasteiger partial charge in [-0.1, -0.05) is 12.2 Å². The summed E-state index contributed by atoms with van der Waals surface area (Å²) in [6.45, 7) is 3.67. The average Bonchev–Trinajstić information content (AvgIpc) is 2.03. The average molecular weight is 186 g/mol. The molecule has 0 saturated heterocycles. The highest BCUT2D eigenvalue weighted by Gasteiger charge is 1.95. The van der Waals surface area contributed by atoms with E-state index in [4.69, 9.17) is 0 Å². The lowest BCUT2D eigenvalue weighted by Crippen LogP contribution is -2.02. The molecule has 0 bridgehead atoms. The predicted octanol–water partition coefficient (Wildman–Crippen LogP) is 1.06. The number of hydrogen-bond acceptors (Lipinski definition) is 4. The van der Waals surface area contributed by atoms with Crippen LogP contribution >= 0.6 is 0 Å². The van der Waals surface area contributed by atoms with Crippen molar-refractivity contribution in [3.05, 3.63) is 12.2 Å². The van der Waals surface area contributed by atoms with Gasteiger partial charge in [-0.25, -0.2) is 0 Å². The van der Waals surface area contributed by atoms with E-state index in [-0.39, 0.29) is 25.0 Å². The molecule has 0 heterocycles. The zero-order valence-electron chi connectivity index (χ0n) is 7.91. The van der Waals surface area contributed by atoms with Crippen LogP contribution in [0.25, 0.3) is 0 Å². The SMILES string of the molecule is CCOC(=O)C/C=C/COC(C)=O. The van der Waals surface area contributed by atoms with E-state index in [1.807, 2.05) is 0 Å². The van der Waals surface area contributed by atoms with E-state index in [9.17, 15) is 9.59 Å². The van der Waals surface area contributed by atoms with E-state index in [1.165, 1.54) is 6.92 Å². The van der Waals surface area contributed by atoms with E-state index in [2.05, 4.69) is 9.47 Å². The molecule has 0 atom stereocenters. The highest BCUT2D eigenvalue weighted by atomic mass is 16.5. The topological polar surface area (TPSA) is 52.6 Å². The Kier molecular flexibility index (Phi) is 6.59. The quantitative estimate of drug-likeness (QED) is 0.476. The Morgan fingerprint density at radius 2 is 1.92 bits per heavy atom. The van der Waals surface area contributed by atoms with Gasteiger partial charge in [0.1, 0.15) is 6.61 Å². The smallest absolute Gasteiger partial charge is 0.309 e. The van der Waals surface area contributed by atoms with Crippen LogP contribution in [0.5, 0.6) is 0 Å². The van der Waals surface area contributed by atoms with Crippen LogP contribution in [0.2, 0.25) is 0 Å². The molecular formula is C9H14O4. The second-order valence-electron chi connectivity index (χ2n) is 2.28. The fourth-order valence-corrected chi connectivity index (χ4v) is 0.633. The lowest BCUT2D eigenvalue weighted by molar-refractivity contribution is -0.142. The van der Waals surface area contributed by atoms with E-state index in [1.54, 1.807) is 19.1 Å². The van der Waals surface area contributed by atoms with Crippen molar-refractivity contribution in [2.24, 2.45) is 0 Å². The summed E-state index contributed by atoms with van der Waals surface area (Å²) in [5.74, 6) is -0.609. The van der Waals surface area contributed by atoms with Crippen LogP contribution < -0.4 is 0 Å². The summed E-state index contributed by atoms with van der Waals surface area (Å²) in [5, 5.41) is 0. The Morgan fingerprint density at radius 1 is 1.23 bits per heavy atom. The molecule has 0 aromatic heterocycles. The fraction of sp³-hybridized carbons (Fsp3) is 0.556. The number of ether oxygens (including phenoxy) is 2. The van der Waals surface area contributed by atoms with Crippen LogP contribution in [0.3, 0.4) is 0 Å². The summed E-state index contributed by atoms with van der Waals surface area (Å²) in [4.78, 5) is 21.1. The molecule has 0 aliphatic heterocycles. The number of carbonyl (C=O) groups excluding carboxylic acids is 2. The van der Waals surface area contributed by atoms with Gasteiger partial charge in [0.25, 0.3) is 0 Å². The number of carbonyl (C=O) groups is 2. The van der Waals surface area contributed by atoms with Crippen molar-refractivity contribution in [3.63, 3.8) is 0 Å². The Labute approximate surface area is 77.5 Å². The molecule has 0 spiro atoms. The fourth-order valence-electron chi connectivity index (χ4n) is 0.633. The van der Waals surface area contributed by atoms with Gasteiger partial charge in [0.2, 0.25) is 0 Å². The predicted molar refractivity (Wildman–Crippen MR) is 47.0 cm³/mol. The molecule has 4 nitrogen and oxygen atoms in total. The van der Waals surface area contributed by atoms with Gasteiger partial charge in [0.05, 0.1) is 13.0 Å². The maximum atomic E-state index is 10.8. The van der Waals surface area contributed by atoms with E-state index in [0.29, 0.717) is 6.61 Å². The van der Waals surface area contributed by atoms with E-state index >= 15 is 0 Å². The summed E-state index contributed by atoms with van der Waals surface area (Å²) in [6, 6.07) is 0. The monoisotopic (exact) mass is 186 g/mol. The maximum Gasteiger partial charge on any atom is 0.309 e. The molecule has 0 fully saturated rings. The first-order chi connectivity index (χ1) is 6.16. The minimum atomic E-state index is -0.333. The molecule has 0 amide bonds. The van der Waals surface area contributed by atoms with Crippen molar-refractivity contribution in [2.45, 2.75) is 20.3 Å². The van der Waals surface area contributed by atoms with E-state index < -0.39 is 0 Å². The Hall–Kier alpha value is -1.32. The second kappa shape index (κ2) is 7.34. The van der Waals surface area contributed by atoms with Crippen molar-refractivity contribution in [2.75, 3.05) is 13.2 Å². The Morgan fingerprint density at radius 3 is 2.46 bits per heavy atom. The lowest BCUT2D eigenvalue weighted by atomic mass is 10.4. The van der Waals surface area contributed by atoms with Gasteiger partial charge in [-0.3, -0.25) is 9.59 Å². The first kappa shape index (κ1) is 11.7. The van der Waals surface area contributed by atoms with Crippen LogP contribution in [0.1, 0.15) is 20.3 Å². The summed E-state index contributed by atoms with van der Waals surface area (Å²) in [6.07, 6.45) is 3.44. The van der Waals surface area contributed by atoms with Crippen molar-refractivity contribution < 1.29 is 19.1 Å². The third-order valence-electron chi connectivity index (χ3n) is 1.14. The molecule has 0 N–H and O–H groups in total. The first-order valence-electron chi connectivity index (χ1n) is 4.10. The van der Waals surface area contributed by atoms with Gasteiger partial charge in [0.15, 0.2) is 0 Å². The van der Waals surface area contributed by atoms with Crippen LogP contribution in [-0.4, -0.2) is 25.2 Å². The van der Waals surface area contributed by atoms with Gasteiger partial charge in [0, 0.05) is 6.92 Å². The minimum Gasteiger partial charge on any atom is -0.466 e. The molecule has 74 valence electrons. The summed E-state index contributed by atoms with van der Waals surface area (Å²) in [5.41, 5.74) is 0. The molecule has 4 heteroatoms. The molecule has 0 aromatic carbocycles. The highest BCUT2D eigenvalue weighted by Crippen LogP contribution is 1.89. The van der Waals surface area contributed by atoms with Gasteiger partial charge in [-0.2, -0.15) is 0 Å². The van der Waals surface area contributed by atoms with Crippen molar-refractivity contribution in [1.29, 1.82) is 0 Å². The Balaban J connectivity index is 3.40. The molecule has 0 rings (SSSR count). The van der Waals surface area contributed by atoms with Crippen LogP contribution in [0.15, 0.2) is 12.2 Å². The van der Waals surface area contributed by atoms with Crippen LogP contribution in [0.4, 0.5) is 0 Å². The molecule has 0 aliphatic rings. The van der Waals surface area contributed by atoms with Gasteiger partial charge in [-0.15, -0.1) is 0 Å². The zero-order chi connectivity index (χ0) is 10.1. The number of rotatable bonds is 5. The summed E-state index contributed by atoms with van der Waals surface area (Å²) in [7, 11) is 0. The highest BCUT2D eigenvalue weighted by molar-refractivity contribution is 5.71. The largest absolute Gasteiger partial charge is 0.466 e. The summed E-state index contributed by atoms with van der Waals surface area (Å²) >= 11 is 0. The van der Waals surface area contributed by atoms with Gasteiger partial charge < -0.3 is 9.47 Å². The molecule has 13 heavy (non-hydrogen) atoms. The molecule has 0 radical (unpaired) electrons. The molecule has 0 unspecified atom stereocenters. The Bertz CT molecular complexity index is 196. The van der Waals surface area contributed by atoms with Crippen LogP contribution in [-0.2, 0) is 19.1 Å². The minimum absolute atomic E-state index is 0.203. The third kappa shape index (κ3) is 8.59. The van der Waals surface area contributed by atoms with Crippen molar-refractivity contribution >= 4 is 11.9 Å². The lowest BCUT2D eigenvalue weighted by Gasteiger charge is -1.97. The summed E-state index contributed by atoms with van der Waals surface area (Å²) < 4.78 is 9.28. The van der Waals surface area contributed by atoms with E-state index in [0.717, 1.165) is 0 Å². The van der Waals surface area contributed by atoms with Crippen LogP contribution in [0, 0.1) is 0 Å². The third-order valence-corrected chi connectivity index (χ3v) is 1.14. The molecule has 0 aliphatic carbocycles. The molecule has 0 aromatic rings. The van der Waals surface area contributed by atoms with Gasteiger partial charge in [-0.05, 0) is 6.92 Å². The maximum absolute atomic E-state index is 10.8. The first-order valence-corrected chi connectivity index (χ1v) is 4.10. The van der Waals surface area contributed by atoms with Crippen molar-refractivity contribution in [3.8, 4) is 0 Å². The second-order valence-corrected chi connectivity index (χ2v) is 2.28. The number of hydrogen-bond donors (Lipinski definition) is 0. The zero-order valence-corrected chi connectivity index (χ0v) is 7.91. The van der Waals surface area contributed by atoms with Gasteiger partial charge >= 0.3 is 11.9 Å². The van der Waals surface area contributed by atoms with Crippen molar-refractivity contribution in [1.82, 2.24) is 0 Å². The standard InChI is InChI=1S/C9H14O4/c1-3-12-9(11)6-4-5-7-13-8(2)10/h4-5H,3,6-7H2,1-2H3/b5-4+. The molecular weight excluding hydrogens is 172 g/mol. The number of esters is 2. The normalized spacial score (nSPS) is 10.0.